The number of halogens is 1. The molecule has 2 amide bonds. The zero-order valence-corrected chi connectivity index (χ0v) is 14.2. The summed E-state index contributed by atoms with van der Waals surface area (Å²) < 4.78 is 6.57. The molecule has 21 heavy (non-hydrogen) atoms. The molecule has 0 bridgehead atoms. The van der Waals surface area contributed by atoms with Crippen LogP contribution in [0.1, 0.15) is 33.6 Å². The molecule has 6 nitrogen and oxygen atoms in total. The summed E-state index contributed by atoms with van der Waals surface area (Å²) in [6, 6.07) is 0.300. The highest BCUT2D eigenvalue weighted by Gasteiger charge is 2.27. The summed E-state index contributed by atoms with van der Waals surface area (Å²) in [5.41, 5.74) is -0.236. The average molecular weight is 357 g/mol. The zero-order chi connectivity index (χ0) is 15.5. The van der Waals surface area contributed by atoms with Gasteiger partial charge in [0.2, 0.25) is 0 Å². The number of hydrogen-bond donors (Lipinski definition) is 1. The van der Waals surface area contributed by atoms with Gasteiger partial charge in [0.05, 0.1) is 11.0 Å². The second-order valence-electron chi connectivity index (χ2n) is 6.19. The molecule has 1 saturated heterocycles. The van der Waals surface area contributed by atoms with E-state index in [0.29, 0.717) is 12.6 Å². The minimum absolute atomic E-state index is 0.0486. The van der Waals surface area contributed by atoms with E-state index >= 15 is 0 Å². The Hall–Kier alpha value is -1.37. The van der Waals surface area contributed by atoms with Gasteiger partial charge in [0.25, 0.3) is 0 Å². The van der Waals surface area contributed by atoms with E-state index in [1.165, 1.54) is 0 Å². The number of amides is 2. The molecule has 2 rings (SSSR count). The highest BCUT2D eigenvalue weighted by atomic mass is 79.9. The van der Waals surface area contributed by atoms with E-state index in [1.54, 1.807) is 17.3 Å². The molecule has 1 aromatic rings. The minimum atomic E-state index is -0.236. The Labute approximate surface area is 133 Å². The van der Waals surface area contributed by atoms with Crippen molar-refractivity contribution in [2.45, 2.75) is 45.3 Å². The summed E-state index contributed by atoms with van der Waals surface area (Å²) in [5.74, 6) is 0. The lowest BCUT2D eigenvalue weighted by Gasteiger charge is -2.34. The van der Waals surface area contributed by atoms with Gasteiger partial charge in [-0.05, 0) is 49.5 Å². The number of rotatable bonds is 2. The van der Waals surface area contributed by atoms with Crippen LogP contribution in [0, 0.1) is 0 Å². The summed E-state index contributed by atoms with van der Waals surface area (Å²) in [6.07, 6.45) is 5.05. The molecule has 0 radical (unpaired) electrons. The van der Waals surface area contributed by atoms with Crippen LogP contribution in [-0.4, -0.2) is 45.6 Å². The highest BCUT2D eigenvalue weighted by molar-refractivity contribution is 9.10. The summed E-state index contributed by atoms with van der Waals surface area (Å²) in [5, 5.41) is 2.97. The van der Waals surface area contributed by atoms with E-state index in [4.69, 9.17) is 4.74 Å². The van der Waals surface area contributed by atoms with E-state index < -0.39 is 0 Å². The minimum Gasteiger partial charge on any atom is -0.458 e. The third kappa shape index (κ3) is 5.15. The molecule has 1 N–H and O–H groups in total. The fraction of sp³-hybridized carbons (Fsp3) is 0.643. The summed E-state index contributed by atoms with van der Waals surface area (Å²) in [6.45, 7) is 7.22. The lowest BCUT2D eigenvalue weighted by Crippen LogP contribution is -2.53. The molecular formula is C14H21BrN4O2. The maximum absolute atomic E-state index is 12.2. The quantitative estimate of drug-likeness (QED) is 0.884. The van der Waals surface area contributed by atoms with Crippen LogP contribution in [0.4, 0.5) is 4.79 Å². The van der Waals surface area contributed by atoms with Gasteiger partial charge >= 0.3 is 12.0 Å². The summed E-state index contributed by atoms with van der Waals surface area (Å²) in [4.78, 5) is 22.2. The van der Waals surface area contributed by atoms with Gasteiger partial charge in [-0.2, -0.15) is 0 Å². The molecule has 1 aliphatic heterocycles. The average Bonchev–Trinajstić information content (AvgIpc) is 2.40. The molecule has 1 fully saturated rings. The van der Waals surface area contributed by atoms with Crippen molar-refractivity contribution in [3.63, 3.8) is 0 Å². The normalized spacial score (nSPS) is 19.2. The monoisotopic (exact) mass is 356 g/mol. The number of piperidine rings is 1. The van der Waals surface area contributed by atoms with E-state index in [2.05, 4.69) is 31.2 Å². The fourth-order valence-corrected chi connectivity index (χ4v) is 2.33. The topological polar surface area (TPSA) is 67.4 Å². The smallest absolute Gasteiger partial charge is 0.317 e. The van der Waals surface area contributed by atoms with Gasteiger partial charge in [-0.25, -0.2) is 14.8 Å². The van der Waals surface area contributed by atoms with Crippen molar-refractivity contribution in [2.75, 3.05) is 13.1 Å². The molecule has 2 heterocycles. The van der Waals surface area contributed by atoms with Crippen molar-refractivity contribution in [3.8, 4) is 6.01 Å². The summed E-state index contributed by atoms with van der Waals surface area (Å²) in [7, 11) is 0. The molecule has 116 valence electrons. The van der Waals surface area contributed by atoms with Crippen molar-refractivity contribution in [1.82, 2.24) is 20.2 Å². The SMILES string of the molecule is CC(C)(C)NC(=O)N1CCCC(Oc2ncc(Br)cn2)C1. The van der Waals surface area contributed by atoms with Crippen LogP contribution in [0.3, 0.4) is 0 Å². The van der Waals surface area contributed by atoms with Crippen molar-refractivity contribution in [2.24, 2.45) is 0 Å². The van der Waals surface area contributed by atoms with E-state index in [0.717, 1.165) is 23.9 Å². The van der Waals surface area contributed by atoms with E-state index in [9.17, 15) is 4.79 Å². The van der Waals surface area contributed by atoms with Gasteiger partial charge in [0, 0.05) is 24.5 Å². The molecule has 0 aromatic carbocycles. The summed E-state index contributed by atoms with van der Waals surface area (Å²) >= 11 is 3.29. The largest absolute Gasteiger partial charge is 0.458 e. The number of nitrogens with zero attached hydrogens (tertiary/aromatic N) is 3. The van der Waals surface area contributed by atoms with Crippen molar-refractivity contribution >= 4 is 22.0 Å². The van der Waals surface area contributed by atoms with Gasteiger partial charge in [-0.1, -0.05) is 0 Å². The van der Waals surface area contributed by atoms with Crippen LogP contribution in [0.5, 0.6) is 6.01 Å². The number of ether oxygens (including phenoxy) is 1. The van der Waals surface area contributed by atoms with Crippen LogP contribution < -0.4 is 10.1 Å². The Morgan fingerprint density at radius 3 is 2.71 bits per heavy atom. The number of urea groups is 1. The zero-order valence-electron chi connectivity index (χ0n) is 12.6. The first-order valence-corrected chi connectivity index (χ1v) is 7.84. The standard InChI is InChI=1S/C14H21BrN4O2/c1-14(2,3)18-13(20)19-6-4-5-11(9-19)21-12-16-7-10(15)8-17-12/h7-8,11H,4-6,9H2,1-3H3,(H,18,20). The van der Waals surface area contributed by atoms with Gasteiger partial charge in [0.1, 0.15) is 6.10 Å². The second-order valence-corrected chi connectivity index (χ2v) is 7.11. The van der Waals surface area contributed by atoms with Gasteiger partial charge in [-0.15, -0.1) is 0 Å². The lowest BCUT2D eigenvalue weighted by molar-refractivity contribution is 0.0915. The number of nitrogens with one attached hydrogen (secondary N) is 1. The predicted molar refractivity (Wildman–Crippen MR) is 83.2 cm³/mol. The first kappa shape index (κ1) is 16.0. The fourth-order valence-electron chi connectivity index (χ4n) is 2.13. The van der Waals surface area contributed by atoms with E-state index in [1.807, 2.05) is 20.8 Å². The van der Waals surface area contributed by atoms with Crippen LogP contribution in [0.25, 0.3) is 0 Å². The van der Waals surface area contributed by atoms with E-state index in [-0.39, 0.29) is 17.7 Å². The Kier molecular flexibility index (Phi) is 5.03. The number of carbonyl (C=O) groups is 1. The third-order valence-corrected chi connectivity index (χ3v) is 3.43. The first-order chi connectivity index (χ1) is 9.83. The van der Waals surface area contributed by atoms with Crippen LogP contribution in [0.2, 0.25) is 0 Å². The molecule has 1 aromatic heterocycles. The highest BCUT2D eigenvalue weighted by Crippen LogP contribution is 2.17. The molecule has 0 aliphatic carbocycles. The molecule has 0 saturated carbocycles. The maximum atomic E-state index is 12.2. The Balaban J connectivity index is 1.91. The molecule has 0 spiro atoms. The number of carbonyl (C=O) groups excluding carboxylic acids is 1. The Bertz CT molecular complexity index is 487. The van der Waals surface area contributed by atoms with Crippen molar-refractivity contribution in [3.05, 3.63) is 16.9 Å². The number of aromatic nitrogens is 2. The second kappa shape index (κ2) is 6.60. The first-order valence-electron chi connectivity index (χ1n) is 7.05. The van der Waals surface area contributed by atoms with Gasteiger partial charge < -0.3 is 15.0 Å². The number of hydrogen-bond acceptors (Lipinski definition) is 4. The molecule has 1 atom stereocenters. The van der Waals surface area contributed by atoms with Gasteiger partial charge in [0.15, 0.2) is 0 Å². The molecule has 1 aliphatic rings. The molecule has 7 heteroatoms. The Morgan fingerprint density at radius 1 is 1.43 bits per heavy atom. The van der Waals surface area contributed by atoms with Gasteiger partial charge in [-0.3, -0.25) is 0 Å². The molecule has 1 unspecified atom stereocenters. The van der Waals surface area contributed by atoms with Crippen LogP contribution >= 0.6 is 15.9 Å². The number of likely N-dealkylation sites (tertiary alicyclic amines) is 1. The van der Waals surface area contributed by atoms with Crippen molar-refractivity contribution in [1.29, 1.82) is 0 Å². The molecular weight excluding hydrogens is 336 g/mol. The van der Waals surface area contributed by atoms with Crippen LogP contribution in [-0.2, 0) is 0 Å². The maximum Gasteiger partial charge on any atom is 0.317 e. The predicted octanol–water partition coefficient (Wildman–Crippen LogP) is 2.59. The van der Waals surface area contributed by atoms with Crippen LogP contribution in [0.15, 0.2) is 16.9 Å². The lowest BCUT2D eigenvalue weighted by atomic mass is 10.1. The van der Waals surface area contributed by atoms with Crippen molar-refractivity contribution < 1.29 is 9.53 Å². The Morgan fingerprint density at radius 2 is 2.10 bits per heavy atom. The third-order valence-electron chi connectivity index (χ3n) is 3.02.